The summed E-state index contributed by atoms with van der Waals surface area (Å²) in [4.78, 5) is 26.2. The molecule has 2 fully saturated rings. The molecule has 1 saturated carbocycles. The number of halogens is 1. The first-order valence-corrected chi connectivity index (χ1v) is 8.22. The molecule has 0 aromatic heterocycles. The van der Waals surface area contributed by atoms with E-state index in [4.69, 9.17) is 0 Å². The number of benzene rings is 1. The van der Waals surface area contributed by atoms with Crippen molar-refractivity contribution in [2.24, 2.45) is 11.8 Å². The van der Waals surface area contributed by atoms with Gasteiger partial charge < -0.3 is 10.0 Å². The Balaban J connectivity index is 1.90. The zero-order valence-electron chi connectivity index (χ0n) is 13.3. The summed E-state index contributed by atoms with van der Waals surface area (Å²) in [5, 5.41) is 9.28. The number of carboxylic acids is 1. The Bertz CT molecular complexity index is 624. The van der Waals surface area contributed by atoms with Crippen LogP contribution in [0, 0.1) is 17.7 Å². The average molecular weight is 319 g/mol. The van der Waals surface area contributed by atoms with Gasteiger partial charge in [0.05, 0.1) is 11.3 Å². The minimum atomic E-state index is -0.848. The van der Waals surface area contributed by atoms with Crippen LogP contribution in [0.2, 0.25) is 0 Å². The summed E-state index contributed by atoms with van der Waals surface area (Å²) in [6.07, 6.45) is 3.29. The summed E-state index contributed by atoms with van der Waals surface area (Å²) in [6, 6.07) is 6.30. The van der Waals surface area contributed by atoms with Gasteiger partial charge >= 0.3 is 5.97 Å². The maximum absolute atomic E-state index is 13.7. The molecule has 23 heavy (non-hydrogen) atoms. The Hall–Kier alpha value is -1.91. The molecule has 0 bridgehead atoms. The normalized spacial score (nSPS) is 26.4. The molecule has 0 unspecified atom stereocenters. The molecule has 1 aliphatic heterocycles. The van der Waals surface area contributed by atoms with E-state index in [0.29, 0.717) is 19.4 Å². The maximum Gasteiger partial charge on any atom is 0.308 e. The van der Waals surface area contributed by atoms with E-state index in [2.05, 4.69) is 0 Å². The highest BCUT2D eigenvalue weighted by atomic mass is 19.1. The SMILES string of the molecule is C[C@@H]1CN(C(=O)C2(c3cccc(F)c3)CCCC2)C[C@H]1C(=O)O. The number of amides is 1. The minimum Gasteiger partial charge on any atom is -0.481 e. The summed E-state index contributed by atoms with van der Waals surface area (Å²) in [5.74, 6) is -1.78. The standard InChI is InChI=1S/C18H22FNO3/c1-12-10-20(11-15(12)16(21)22)17(23)18(7-2-3-8-18)13-5-4-6-14(19)9-13/h4-6,9,12,15H,2-3,7-8,10-11H2,1H3,(H,21,22)/t12-,15-/m1/s1. The van der Waals surface area contributed by atoms with Gasteiger partial charge in [0.15, 0.2) is 0 Å². The molecule has 2 atom stereocenters. The molecule has 124 valence electrons. The van der Waals surface area contributed by atoms with Crippen LogP contribution in [0.5, 0.6) is 0 Å². The Kier molecular flexibility index (Phi) is 4.13. The molecule has 1 N–H and O–H groups in total. The van der Waals surface area contributed by atoms with Crippen LogP contribution in [0.4, 0.5) is 4.39 Å². The van der Waals surface area contributed by atoms with Crippen LogP contribution in [0.3, 0.4) is 0 Å². The first-order valence-electron chi connectivity index (χ1n) is 8.22. The number of hydrogen-bond acceptors (Lipinski definition) is 2. The number of nitrogens with zero attached hydrogens (tertiary/aromatic N) is 1. The smallest absolute Gasteiger partial charge is 0.308 e. The number of hydrogen-bond donors (Lipinski definition) is 1. The summed E-state index contributed by atoms with van der Waals surface area (Å²) >= 11 is 0. The van der Waals surface area contributed by atoms with Crippen molar-refractivity contribution >= 4 is 11.9 Å². The molecule has 1 aromatic carbocycles. The van der Waals surface area contributed by atoms with Crippen molar-refractivity contribution in [2.75, 3.05) is 13.1 Å². The molecule has 3 rings (SSSR count). The second kappa shape index (κ2) is 5.95. The predicted molar refractivity (Wildman–Crippen MR) is 83.4 cm³/mol. The van der Waals surface area contributed by atoms with Gasteiger partial charge in [-0.05, 0) is 36.5 Å². The second-order valence-electron chi connectivity index (χ2n) is 6.93. The third-order valence-corrected chi connectivity index (χ3v) is 5.46. The molecule has 5 heteroatoms. The van der Waals surface area contributed by atoms with Crippen LogP contribution in [0.25, 0.3) is 0 Å². The van der Waals surface area contributed by atoms with E-state index in [1.807, 2.05) is 13.0 Å². The van der Waals surface area contributed by atoms with E-state index in [-0.39, 0.29) is 24.2 Å². The van der Waals surface area contributed by atoms with Gasteiger partial charge in [-0.1, -0.05) is 31.9 Å². The summed E-state index contributed by atoms with van der Waals surface area (Å²) < 4.78 is 13.7. The number of carbonyl (C=O) groups excluding carboxylic acids is 1. The third kappa shape index (κ3) is 2.73. The van der Waals surface area contributed by atoms with Gasteiger partial charge in [0.2, 0.25) is 5.91 Å². The van der Waals surface area contributed by atoms with Crippen molar-refractivity contribution in [2.45, 2.75) is 38.0 Å². The number of likely N-dealkylation sites (tertiary alicyclic amines) is 1. The van der Waals surface area contributed by atoms with Gasteiger partial charge in [0.1, 0.15) is 5.82 Å². The van der Waals surface area contributed by atoms with Crippen molar-refractivity contribution in [1.29, 1.82) is 0 Å². The van der Waals surface area contributed by atoms with E-state index in [9.17, 15) is 19.1 Å². The molecular formula is C18H22FNO3. The number of carboxylic acid groups (broad SMARTS) is 1. The highest BCUT2D eigenvalue weighted by molar-refractivity contribution is 5.89. The number of rotatable bonds is 3. The molecule has 1 heterocycles. The Morgan fingerprint density at radius 2 is 1.96 bits per heavy atom. The summed E-state index contributed by atoms with van der Waals surface area (Å²) in [6.45, 7) is 2.59. The quantitative estimate of drug-likeness (QED) is 0.932. The van der Waals surface area contributed by atoms with Crippen LogP contribution >= 0.6 is 0 Å². The molecule has 1 aliphatic carbocycles. The van der Waals surface area contributed by atoms with E-state index < -0.39 is 17.3 Å². The highest BCUT2D eigenvalue weighted by Gasteiger charge is 2.48. The lowest BCUT2D eigenvalue weighted by Crippen LogP contribution is -2.45. The fraction of sp³-hybridized carbons (Fsp3) is 0.556. The molecule has 1 aromatic rings. The lowest BCUT2D eigenvalue weighted by molar-refractivity contribution is -0.142. The minimum absolute atomic E-state index is 0.0313. The van der Waals surface area contributed by atoms with Crippen molar-refractivity contribution in [3.63, 3.8) is 0 Å². The van der Waals surface area contributed by atoms with E-state index >= 15 is 0 Å². The van der Waals surface area contributed by atoms with Crippen LogP contribution in [0.15, 0.2) is 24.3 Å². The molecule has 0 spiro atoms. The lowest BCUT2D eigenvalue weighted by atomic mass is 9.77. The van der Waals surface area contributed by atoms with Gasteiger partial charge in [-0.15, -0.1) is 0 Å². The predicted octanol–water partition coefficient (Wildman–Crippen LogP) is 2.82. The van der Waals surface area contributed by atoms with Crippen molar-refractivity contribution in [1.82, 2.24) is 4.90 Å². The van der Waals surface area contributed by atoms with Crippen LogP contribution < -0.4 is 0 Å². The van der Waals surface area contributed by atoms with Crippen LogP contribution in [-0.2, 0) is 15.0 Å². The van der Waals surface area contributed by atoms with Gasteiger partial charge in [-0.25, -0.2) is 4.39 Å². The van der Waals surface area contributed by atoms with E-state index in [1.54, 1.807) is 11.0 Å². The molecular weight excluding hydrogens is 297 g/mol. The highest BCUT2D eigenvalue weighted by Crippen LogP contribution is 2.44. The molecule has 0 radical (unpaired) electrons. The van der Waals surface area contributed by atoms with Crippen LogP contribution in [0.1, 0.15) is 38.2 Å². The lowest BCUT2D eigenvalue weighted by Gasteiger charge is -2.33. The van der Waals surface area contributed by atoms with Gasteiger partial charge in [-0.2, -0.15) is 0 Å². The van der Waals surface area contributed by atoms with Crippen LogP contribution in [-0.4, -0.2) is 35.0 Å². The van der Waals surface area contributed by atoms with E-state index in [0.717, 1.165) is 18.4 Å². The van der Waals surface area contributed by atoms with Gasteiger partial charge in [0, 0.05) is 13.1 Å². The Morgan fingerprint density at radius 1 is 1.26 bits per heavy atom. The zero-order chi connectivity index (χ0) is 16.6. The van der Waals surface area contributed by atoms with Gasteiger partial charge in [0.25, 0.3) is 0 Å². The molecule has 1 amide bonds. The fourth-order valence-electron chi connectivity index (χ4n) is 4.15. The zero-order valence-corrected chi connectivity index (χ0v) is 13.3. The average Bonchev–Trinajstić information content (AvgIpc) is 3.14. The molecule has 2 aliphatic rings. The third-order valence-electron chi connectivity index (χ3n) is 5.46. The molecule has 4 nitrogen and oxygen atoms in total. The van der Waals surface area contributed by atoms with Crippen molar-refractivity contribution in [3.8, 4) is 0 Å². The summed E-state index contributed by atoms with van der Waals surface area (Å²) in [5.41, 5.74) is 0.0429. The first-order chi connectivity index (χ1) is 10.9. The van der Waals surface area contributed by atoms with Crippen molar-refractivity contribution < 1.29 is 19.1 Å². The second-order valence-corrected chi connectivity index (χ2v) is 6.93. The fourth-order valence-corrected chi connectivity index (χ4v) is 4.15. The first kappa shape index (κ1) is 16.0. The monoisotopic (exact) mass is 319 g/mol. The largest absolute Gasteiger partial charge is 0.481 e. The Morgan fingerprint density at radius 3 is 2.52 bits per heavy atom. The van der Waals surface area contributed by atoms with Gasteiger partial charge in [-0.3, -0.25) is 9.59 Å². The Labute approximate surface area is 135 Å². The number of aliphatic carboxylic acids is 1. The topological polar surface area (TPSA) is 57.6 Å². The number of carbonyl (C=O) groups is 2. The van der Waals surface area contributed by atoms with Crippen molar-refractivity contribution in [3.05, 3.63) is 35.6 Å². The van der Waals surface area contributed by atoms with E-state index in [1.165, 1.54) is 12.1 Å². The molecule has 1 saturated heterocycles. The summed E-state index contributed by atoms with van der Waals surface area (Å²) in [7, 11) is 0. The maximum atomic E-state index is 13.7.